The lowest BCUT2D eigenvalue weighted by Gasteiger charge is -2.10. The molecule has 0 fully saturated rings. The van der Waals surface area contributed by atoms with E-state index in [4.69, 9.17) is 5.53 Å². The molecule has 0 saturated heterocycles. The predicted molar refractivity (Wildman–Crippen MR) is 84.3 cm³/mol. The average molecular weight is 267 g/mol. The van der Waals surface area contributed by atoms with Gasteiger partial charge in [-0.15, -0.1) is 0 Å². The van der Waals surface area contributed by atoms with E-state index >= 15 is 0 Å². The molecule has 0 aliphatic carbocycles. The van der Waals surface area contributed by atoms with Crippen LogP contribution in [-0.4, -0.2) is 6.04 Å². The van der Waals surface area contributed by atoms with Gasteiger partial charge in [0.05, 0.1) is 0 Å². The van der Waals surface area contributed by atoms with E-state index in [1.54, 1.807) is 0 Å². The van der Waals surface area contributed by atoms with E-state index in [1.807, 2.05) is 0 Å². The topological polar surface area (TPSA) is 48.8 Å². The van der Waals surface area contributed by atoms with Crippen LogP contribution in [0.1, 0.15) is 97.3 Å². The molecule has 0 aromatic rings. The second kappa shape index (κ2) is 15.4. The third kappa shape index (κ3) is 13.5. The number of rotatable bonds is 14. The van der Waals surface area contributed by atoms with Gasteiger partial charge in [0.25, 0.3) is 0 Å². The summed E-state index contributed by atoms with van der Waals surface area (Å²) in [7, 11) is 0. The molecule has 0 amide bonds. The van der Waals surface area contributed by atoms with E-state index in [0.29, 0.717) is 0 Å². The van der Waals surface area contributed by atoms with Crippen molar-refractivity contribution in [2.75, 3.05) is 0 Å². The number of azide groups is 1. The van der Waals surface area contributed by atoms with E-state index in [9.17, 15) is 0 Å². The molecule has 1 unspecified atom stereocenters. The molecule has 0 radical (unpaired) electrons. The first kappa shape index (κ1) is 18.3. The molecule has 0 aliphatic rings. The molecule has 1 atom stereocenters. The zero-order chi connectivity index (χ0) is 14.2. The highest BCUT2D eigenvalue weighted by Gasteiger charge is 2.05. The Morgan fingerprint density at radius 1 is 0.737 bits per heavy atom. The molecule has 0 bridgehead atoms. The molecular weight excluding hydrogens is 234 g/mol. The quantitative estimate of drug-likeness (QED) is 0.144. The van der Waals surface area contributed by atoms with Crippen molar-refractivity contribution in [1.82, 2.24) is 0 Å². The number of unbranched alkanes of at least 4 members (excludes halogenated alkanes) is 9. The predicted octanol–water partition coefficient (Wildman–Crippen LogP) is 6.78. The fourth-order valence-corrected chi connectivity index (χ4v) is 2.48. The van der Waals surface area contributed by atoms with Crippen molar-refractivity contribution >= 4 is 0 Å². The summed E-state index contributed by atoms with van der Waals surface area (Å²) in [5.74, 6) is 0. The van der Waals surface area contributed by atoms with Crippen molar-refractivity contribution in [1.29, 1.82) is 0 Å². The minimum atomic E-state index is 0.248. The van der Waals surface area contributed by atoms with Crippen molar-refractivity contribution in [3.05, 3.63) is 10.4 Å². The summed E-state index contributed by atoms with van der Waals surface area (Å²) in [5, 5.41) is 3.95. The molecule has 0 aliphatic heterocycles. The van der Waals surface area contributed by atoms with Gasteiger partial charge in [0.1, 0.15) is 0 Å². The Morgan fingerprint density at radius 3 is 1.63 bits per heavy atom. The van der Waals surface area contributed by atoms with Gasteiger partial charge in [-0.1, -0.05) is 89.6 Å². The molecule has 0 N–H and O–H groups in total. The minimum Gasteiger partial charge on any atom is -0.0906 e. The molecule has 0 spiro atoms. The molecule has 3 nitrogen and oxygen atoms in total. The van der Waals surface area contributed by atoms with Gasteiger partial charge in [0.2, 0.25) is 0 Å². The van der Waals surface area contributed by atoms with Gasteiger partial charge < -0.3 is 0 Å². The van der Waals surface area contributed by atoms with Gasteiger partial charge in [-0.05, 0) is 18.4 Å². The maximum absolute atomic E-state index is 8.60. The first-order valence-corrected chi connectivity index (χ1v) is 8.39. The van der Waals surface area contributed by atoms with Crippen LogP contribution in [0.15, 0.2) is 5.11 Å². The van der Waals surface area contributed by atoms with Crippen molar-refractivity contribution in [2.24, 2.45) is 5.11 Å². The number of nitrogens with zero attached hydrogens (tertiary/aromatic N) is 3. The number of hydrogen-bond acceptors (Lipinski definition) is 1. The van der Waals surface area contributed by atoms with E-state index in [0.717, 1.165) is 12.8 Å². The maximum atomic E-state index is 8.60. The molecule has 112 valence electrons. The van der Waals surface area contributed by atoms with E-state index in [-0.39, 0.29) is 6.04 Å². The Bertz CT molecular complexity index is 222. The molecule has 0 aromatic carbocycles. The Morgan fingerprint density at radius 2 is 1.16 bits per heavy atom. The Hall–Kier alpha value is -0.690. The first-order chi connectivity index (χ1) is 9.35. The highest BCUT2D eigenvalue weighted by molar-refractivity contribution is 4.67. The smallest absolute Gasteiger partial charge is 0.0374 e. The van der Waals surface area contributed by atoms with Gasteiger partial charge in [-0.25, -0.2) is 0 Å². The third-order valence-corrected chi connectivity index (χ3v) is 3.75. The maximum Gasteiger partial charge on any atom is 0.0374 e. The van der Waals surface area contributed by atoms with Crippen LogP contribution in [0, 0.1) is 0 Å². The van der Waals surface area contributed by atoms with Crippen LogP contribution in [0.2, 0.25) is 0 Å². The van der Waals surface area contributed by atoms with Crippen molar-refractivity contribution in [3.8, 4) is 0 Å². The van der Waals surface area contributed by atoms with Crippen LogP contribution in [0.3, 0.4) is 0 Å². The van der Waals surface area contributed by atoms with E-state index < -0.39 is 0 Å². The summed E-state index contributed by atoms with van der Waals surface area (Å²) in [6.45, 7) is 4.48. The summed E-state index contributed by atoms with van der Waals surface area (Å²) < 4.78 is 0. The zero-order valence-electron chi connectivity index (χ0n) is 13.1. The van der Waals surface area contributed by atoms with Gasteiger partial charge >= 0.3 is 0 Å². The Balaban J connectivity index is 3.51. The molecule has 3 heteroatoms. The Kier molecular flexibility index (Phi) is 14.8. The van der Waals surface area contributed by atoms with Gasteiger partial charge in [0, 0.05) is 11.0 Å². The van der Waals surface area contributed by atoms with Crippen LogP contribution >= 0.6 is 0 Å². The second-order valence-electron chi connectivity index (χ2n) is 5.62. The lowest BCUT2D eigenvalue weighted by molar-refractivity contribution is 0.485. The van der Waals surface area contributed by atoms with Crippen LogP contribution in [0.25, 0.3) is 10.4 Å². The fraction of sp³-hybridized carbons (Fsp3) is 1.00. The second-order valence-corrected chi connectivity index (χ2v) is 5.62. The monoisotopic (exact) mass is 267 g/mol. The first-order valence-electron chi connectivity index (χ1n) is 8.39. The summed E-state index contributed by atoms with van der Waals surface area (Å²) in [6, 6.07) is 0.248. The highest BCUT2D eigenvalue weighted by Crippen LogP contribution is 2.16. The number of hydrogen-bond donors (Lipinski definition) is 0. The highest BCUT2D eigenvalue weighted by atomic mass is 15.1. The molecule has 0 heterocycles. The summed E-state index contributed by atoms with van der Waals surface area (Å²) in [6.07, 6.45) is 16.6. The van der Waals surface area contributed by atoms with E-state index in [1.165, 1.54) is 70.6 Å². The van der Waals surface area contributed by atoms with Crippen LogP contribution in [-0.2, 0) is 0 Å². The minimum absolute atomic E-state index is 0.248. The lowest BCUT2D eigenvalue weighted by Crippen LogP contribution is -2.03. The zero-order valence-corrected chi connectivity index (χ0v) is 13.1. The van der Waals surface area contributed by atoms with Gasteiger partial charge in [0.15, 0.2) is 0 Å². The van der Waals surface area contributed by atoms with Crippen molar-refractivity contribution < 1.29 is 0 Å². The van der Waals surface area contributed by atoms with Crippen LogP contribution in [0.5, 0.6) is 0 Å². The lowest BCUT2D eigenvalue weighted by atomic mass is 10.0. The summed E-state index contributed by atoms with van der Waals surface area (Å²) in [4.78, 5) is 3.00. The fourth-order valence-electron chi connectivity index (χ4n) is 2.48. The Labute approximate surface area is 119 Å². The van der Waals surface area contributed by atoms with Gasteiger partial charge in [-0.3, -0.25) is 0 Å². The van der Waals surface area contributed by atoms with Crippen molar-refractivity contribution in [2.45, 2.75) is 103 Å². The largest absolute Gasteiger partial charge is 0.0906 e. The molecule has 19 heavy (non-hydrogen) atoms. The van der Waals surface area contributed by atoms with E-state index in [2.05, 4.69) is 23.9 Å². The summed E-state index contributed by atoms with van der Waals surface area (Å²) >= 11 is 0. The molecule has 0 saturated carbocycles. The standard InChI is InChI=1S/C16H33N3/c1-3-5-7-9-10-11-13-15-16(18-19-17)14-12-8-6-4-2/h16H,3-15H2,1-2H3. The normalized spacial score (nSPS) is 12.1. The molecular formula is C16H33N3. The van der Waals surface area contributed by atoms with Crippen LogP contribution in [0.4, 0.5) is 0 Å². The SMILES string of the molecule is CCCCCCCCCC(CCCCCC)N=[N+]=[N-]. The van der Waals surface area contributed by atoms with Gasteiger partial charge in [-0.2, -0.15) is 0 Å². The third-order valence-electron chi connectivity index (χ3n) is 3.75. The molecule has 0 rings (SSSR count). The average Bonchev–Trinajstić information content (AvgIpc) is 2.42. The molecule has 0 aromatic heterocycles. The summed E-state index contributed by atoms with van der Waals surface area (Å²) in [5.41, 5.74) is 8.60. The van der Waals surface area contributed by atoms with Crippen LogP contribution < -0.4 is 0 Å². The van der Waals surface area contributed by atoms with Crippen molar-refractivity contribution in [3.63, 3.8) is 0 Å².